The zero-order chi connectivity index (χ0) is 21.0. The minimum Gasteiger partial charge on any atom is -0.497 e. The van der Waals surface area contributed by atoms with Gasteiger partial charge in [0.05, 0.1) is 18.9 Å². The van der Waals surface area contributed by atoms with Gasteiger partial charge in [-0.05, 0) is 55.5 Å². The number of halogens is 3. The van der Waals surface area contributed by atoms with Crippen LogP contribution in [0, 0.1) is 0 Å². The standard InChI is InChI=1S/C20H18F3N3O2S/c1-3-26-18(20(21,22)23)17(12-24-26)19(27)25-13-4-8-15(9-5-13)29-16-10-6-14(28-2)7-11-16/h4-12H,3H2,1-2H3,(H,25,27). The SMILES string of the molecule is CCn1ncc(C(=O)Nc2ccc(Sc3ccc(OC)cc3)cc2)c1C(F)(F)F. The van der Waals surface area contributed by atoms with E-state index in [1.807, 2.05) is 24.3 Å². The summed E-state index contributed by atoms with van der Waals surface area (Å²) in [5.74, 6) is -0.0929. The number of alkyl halides is 3. The van der Waals surface area contributed by atoms with E-state index in [1.54, 1.807) is 31.4 Å². The van der Waals surface area contributed by atoms with Crippen molar-refractivity contribution in [3.8, 4) is 5.75 Å². The highest BCUT2D eigenvalue weighted by Crippen LogP contribution is 2.33. The summed E-state index contributed by atoms with van der Waals surface area (Å²) in [7, 11) is 1.60. The molecule has 0 spiro atoms. The summed E-state index contributed by atoms with van der Waals surface area (Å²) < 4.78 is 45.7. The molecule has 0 aliphatic rings. The Morgan fingerprint density at radius 3 is 2.21 bits per heavy atom. The van der Waals surface area contributed by atoms with Gasteiger partial charge < -0.3 is 10.1 Å². The Kier molecular flexibility index (Phi) is 6.17. The number of carbonyl (C=O) groups is 1. The van der Waals surface area contributed by atoms with Crippen LogP contribution in [0.25, 0.3) is 0 Å². The first-order valence-electron chi connectivity index (χ1n) is 8.68. The third kappa shape index (κ3) is 4.92. The summed E-state index contributed by atoms with van der Waals surface area (Å²) in [5, 5.41) is 6.16. The van der Waals surface area contributed by atoms with Crippen LogP contribution in [0.3, 0.4) is 0 Å². The molecule has 2 aromatic carbocycles. The molecule has 3 rings (SSSR count). The van der Waals surface area contributed by atoms with Gasteiger partial charge in [-0.3, -0.25) is 9.48 Å². The number of aromatic nitrogens is 2. The molecular formula is C20H18F3N3O2S. The van der Waals surface area contributed by atoms with E-state index in [4.69, 9.17) is 4.74 Å². The van der Waals surface area contributed by atoms with Gasteiger partial charge in [-0.15, -0.1) is 0 Å². The molecule has 0 radical (unpaired) electrons. The van der Waals surface area contributed by atoms with Gasteiger partial charge in [-0.2, -0.15) is 18.3 Å². The number of nitrogens with one attached hydrogen (secondary N) is 1. The molecule has 1 N–H and O–H groups in total. The Morgan fingerprint density at radius 2 is 1.69 bits per heavy atom. The van der Waals surface area contributed by atoms with E-state index in [0.29, 0.717) is 5.69 Å². The van der Waals surface area contributed by atoms with Crippen LogP contribution in [0.1, 0.15) is 23.0 Å². The predicted octanol–water partition coefficient (Wildman–Crippen LogP) is 5.33. The maximum absolute atomic E-state index is 13.3. The van der Waals surface area contributed by atoms with Crippen LogP contribution in [0.2, 0.25) is 0 Å². The van der Waals surface area contributed by atoms with Crippen molar-refractivity contribution in [2.75, 3.05) is 12.4 Å². The molecule has 0 bridgehead atoms. The van der Waals surface area contributed by atoms with Crippen molar-refractivity contribution in [3.63, 3.8) is 0 Å². The Morgan fingerprint density at radius 1 is 1.10 bits per heavy atom. The molecule has 0 saturated carbocycles. The van der Waals surface area contributed by atoms with Crippen molar-refractivity contribution >= 4 is 23.4 Å². The smallest absolute Gasteiger partial charge is 0.433 e. The molecule has 152 valence electrons. The van der Waals surface area contributed by atoms with Crippen LogP contribution < -0.4 is 10.1 Å². The molecule has 0 fully saturated rings. The highest BCUT2D eigenvalue weighted by molar-refractivity contribution is 7.99. The normalized spacial score (nSPS) is 11.3. The number of rotatable bonds is 6. The number of amides is 1. The number of methoxy groups -OCH3 is 1. The Balaban J connectivity index is 1.71. The molecule has 1 aromatic heterocycles. The molecule has 3 aromatic rings. The van der Waals surface area contributed by atoms with Crippen LogP contribution in [-0.2, 0) is 12.7 Å². The van der Waals surface area contributed by atoms with Crippen molar-refractivity contribution in [1.82, 2.24) is 9.78 Å². The molecule has 0 atom stereocenters. The van der Waals surface area contributed by atoms with E-state index in [0.717, 1.165) is 26.4 Å². The lowest BCUT2D eigenvalue weighted by Crippen LogP contribution is -2.21. The molecule has 29 heavy (non-hydrogen) atoms. The Labute approximate surface area is 169 Å². The van der Waals surface area contributed by atoms with Crippen molar-refractivity contribution in [3.05, 3.63) is 66.0 Å². The van der Waals surface area contributed by atoms with Gasteiger partial charge in [-0.25, -0.2) is 0 Å². The number of carbonyl (C=O) groups excluding carboxylic acids is 1. The van der Waals surface area contributed by atoms with E-state index >= 15 is 0 Å². The first kappa shape index (κ1) is 20.8. The van der Waals surface area contributed by atoms with Gasteiger partial charge in [0.25, 0.3) is 5.91 Å². The maximum atomic E-state index is 13.3. The Bertz CT molecular complexity index is 984. The second-order valence-corrected chi connectivity index (χ2v) is 7.12. The summed E-state index contributed by atoms with van der Waals surface area (Å²) in [6, 6.07) is 14.4. The first-order valence-corrected chi connectivity index (χ1v) is 9.49. The lowest BCUT2D eigenvalue weighted by Gasteiger charge is -2.12. The molecule has 1 amide bonds. The number of nitrogens with zero attached hydrogens (tertiary/aromatic N) is 2. The second kappa shape index (κ2) is 8.60. The van der Waals surface area contributed by atoms with Crippen molar-refractivity contribution in [2.45, 2.75) is 29.4 Å². The highest BCUT2D eigenvalue weighted by Gasteiger charge is 2.39. The predicted molar refractivity (Wildman–Crippen MR) is 104 cm³/mol. The summed E-state index contributed by atoms with van der Waals surface area (Å²) >= 11 is 1.51. The lowest BCUT2D eigenvalue weighted by atomic mass is 10.2. The average molecular weight is 421 g/mol. The summed E-state index contributed by atoms with van der Waals surface area (Å²) in [6.45, 7) is 1.54. The van der Waals surface area contributed by atoms with Gasteiger partial charge in [0.2, 0.25) is 0 Å². The van der Waals surface area contributed by atoms with Crippen LogP contribution in [0.15, 0.2) is 64.5 Å². The third-order valence-corrected chi connectivity index (χ3v) is 5.08. The largest absolute Gasteiger partial charge is 0.497 e. The fourth-order valence-corrected chi connectivity index (χ4v) is 3.49. The van der Waals surface area contributed by atoms with Gasteiger partial charge in [0, 0.05) is 22.0 Å². The zero-order valence-corrected chi connectivity index (χ0v) is 16.5. The topological polar surface area (TPSA) is 56.2 Å². The monoisotopic (exact) mass is 421 g/mol. The number of hydrogen-bond acceptors (Lipinski definition) is 4. The van der Waals surface area contributed by atoms with Crippen LogP contribution >= 0.6 is 11.8 Å². The first-order chi connectivity index (χ1) is 13.8. The molecule has 0 saturated heterocycles. The second-order valence-electron chi connectivity index (χ2n) is 5.98. The van der Waals surface area contributed by atoms with Gasteiger partial charge in [-0.1, -0.05) is 11.8 Å². The average Bonchev–Trinajstić information content (AvgIpc) is 3.15. The van der Waals surface area contributed by atoms with Crippen LogP contribution in [0.4, 0.5) is 18.9 Å². The van der Waals surface area contributed by atoms with E-state index in [9.17, 15) is 18.0 Å². The molecule has 0 aliphatic heterocycles. The van der Waals surface area contributed by atoms with Crippen molar-refractivity contribution in [1.29, 1.82) is 0 Å². The minimum atomic E-state index is -4.67. The molecule has 0 unspecified atom stereocenters. The van der Waals surface area contributed by atoms with Crippen LogP contribution in [0.5, 0.6) is 5.75 Å². The van der Waals surface area contributed by atoms with E-state index in [1.165, 1.54) is 18.7 Å². The Hall–Kier alpha value is -2.94. The van der Waals surface area contributed by atoms with Gasteiger partial charge in [0.1, 0.15) is 5.75 Å². The van der Waals surface area contributed by atoms with E-state index in [-0.39, 0.29) is 6.54 Å². The minimum absolute atomic E-state index is 0.0133. The molecule has 1 heterocycles. The fourth-order valence-electron chi connectivity index (χ4n) is 2.67. The van der Waals surface area contributed by atoms with E-state index < -0.39 is 23.3 Å². The summed E-state index contributed by atoms with van der Waals surface area (Å²) in [5.41, 5.74) is -1.16. The van der Waals surface area contributed by atoms with Gasteiger partial charge in [0.15, 0.2) is 5.69 Å². The number of hydrogen-bond donors (Lipinski definition) is 1. The third-order valence-electron chi connectivity index (χ3n) is 4.06. The van der Waals surface area contributed by atoms with E-state index in [2.05, 4.69) is 10.4 Å². The number of aryl methyl sites for hydroxylation is 1. The highest BCUT2D eigenvalue weighted by atomic mass is 32.2. The molecular weight excluding hydrogens is 403 g/mol. The number of anilines is 1. The molecule has 0 aliphatic carbocycles. The van der Waals surface area contributed by atoms with Crippen molar-refractivity contribution < 1.29 is 22.7 Å². The fraction of sp³-hybridized carbons (Fsp3) is 0.200. The van der Waals surface area contributed by atoms with Crippen LogP contribution in [-0.4, -0.2) is 22.8 Å². The number of benzene rings is 2. The maximum Gasteiger partial charge on any atom is 0.433 e. The summed E-state index contributed by atoms with van der Waals surface area (Å²) in [4.78, 5) is 14.3. The molecule has 5 nitrogen and oxygen atoms in total. The quantitative estimate of drug-likeness (QED) is 0.584. The summed E-state index contributed by atoms with van der Waals surface area (Å²) in [6.07, 6.45) is -3.73. The van der Waals surface area contributed by atoms with Gasteiger partial charge >= 0.3 is 6.18 Å². The van der Waals surface area contributed by atoms with Crippen molar-refractivity contribution in [2.24, 2.45) is 0 Å². The number of ether oxygens (including phenoxy) is 1. The zero-order valence-electron chi connectivity index (χ0n) is 15.7. The molecule has 9 heteroatoms. The lowest BCUT2D eigenvalue weighted by molar-refractivity contribution is -0.144.